The van der Waals surface area contributed by atoms with Gasteiger partial charge in [-0.25, -0.2) is 4.39 Å². The van der Waals surface area contributed by atoms with Crippen LogP contribution in [0.25, 0.3) is 0 Å². The Morgan fingerprint density at radius 1 is 1.28 bits per heavy atom. The van der Waals surface area contributed by atoms with Gasteiger partial charge in [-0.2, -0.15) is 0 Å². The van der Waals surface area contributed by atoms with Crippen LogP contribution in [0.4, 0.5) is 10.1 Å². The number of nitrogens with zero attached hydrogens (tertiary/aromatic N) is 1. The molecule has 5 heteroatoms. The second-order valence-corrected chi connectivity index (χ2v) is 3.76. The summed E-state index contributed by atoms with van der Waals surface area (Å²) in [6, 6.07) is 8.88. The summed E-state index contributed by atoms with van der Waals surface area (Å²) < 4.78 is 19.7. The van der Waals surface area contributed by atoms with Crippen molar-refractivity contribution in [2.75, 3.05) is 12.3 Å². The highest BCUT2D eigenvalue weighted by atomic mass is 19.1. The van der Waals surface area contributed by atoms with Gasteiger partial charge in [-0.05, 0) is 18.2 Å². The molecule has 0 amide bonds. The van der Waals surface area contributed by atoms with Crippen LogP contribution in [0.1, 0.15) is 0 Å². The summed E-state index contributed by atoms with van der Waals surface area (Å²) in [5, 5.41) is 0. The number of hydrogen-bond donors (Lipinski definition) is 1. The largest absolute Gasteiger partial charge is 0.490 e. The van der Waals surface area contributed by atoms with Crippen molar-refractivity contribution in [2.24, 2.45) is 0 Å². The molecular weight excluding hydrogens is 235 g/mol. The quantitative estimate of drug-likeness (QED) is 0.837. The maximum atomic E-state index is 12.8. The van der Waals surface area contributed by atoms with E-state index in [9.17, 15) is 9.18 Å². The maximum Gasteiger partial charge on any atom is 0.250 e. The molecule has 2 aromatic rings. The maximum absolute atomic E-state index is 12.8. The summed E-state index contributed by atoms with van der Waals surface area (Å²) in [6.45, 7) is 0.705. The van der Waals surface area contributed by atoms with E-state index in [1.54, 1.807) is 18.3 Å². The van der Waals surface area contributed by atoms with Crippen LogP contribution >= 0.6 is 0 Å². The topological polar surface area (TPSA) is 57.2 Å². The fraction of sp³-hybridized carbons (Fsp3) is 0.154. The zero-order chi connectivity index (χ0) is 13.0. The van der Waals surface area contributed by atoms with E-state index < -0.39 is 5.82 Å². The molecule has 0 bridgehead atoms. The number of ether oxygens (including phenoxy) is 1. The molecule has 0 aliphatic carbocycles. The van der Waals surface area contributed by atoms with Gasteiger partial charge in [0.25, 0.3) is 5.56 Å². The minimum absolute atomic E-state index is 0.0896. The van der Waals surface area contributed by atoms with Gasteiger partial charge in [0.15, 0.2) is 0 Å². The molecule has 2 N–H and O–H groups in total. The average molecular weight is 248 g/mol. The van der Waals surface area contributed by atoms with E-state index in [0.717, 1.165) is 0 Å². The monoisotopic (exact) mass is 248 g/mol. The van der Waals surface area contributed by atoms with Gasteiger partial charge in [0, 0.05) is 18.3 Å². The van der Waals surface area contributed by atoms with Crippen molar-refractivity contribution in [3.05, 3.63) is 58.8 Å². The molecule has 2 rings (SSSR count). The molecule has 1 heterocycles. The predicted molar refractivity (Wildman–Crippen MR) is 67.0 cm³/mol. The average Bonchev–Trinajstić information content (AvgIpc) is 2.34. The van der Waals surface area contributed by atoms with Crippen LogP contribution in [-0.4, -0.2) is 11.2 Å². The second kappa shape index (κ2) is 5.35. The third-order valence-corrected chi connectivity index (χ3v) is 2.46. The minimum Gasteiger partial charge on any atom is -0.490 e. The first kappa shape index (κ1) is 12.2. The van der Waals surface area contributed by atoms with Crippen LogP contribution in [-0.2, 0) is 6.54 Å². The first-order chi connectivity index (χ1) is 8.66. The number of nitrogen functional groups attached to an aromatic ring is 1. The molecule has 0 radical (unpaired) electrons. The molecule has 1 aromatic carbocycles. The van der Waals surface area contributed by atoms with Gasteiger partial charge in [0.2, 0.25) is 0 Å². The zero-order valence-electron chi connectivity index (χ0n) is 9.67. The zero-order valence-corrected chi connectivity index (χ0v) is 9.67. The van der Waals surface area contributed by atoms with E-state index in [1.807, 2.05) is 0 Å². The highest BCUT2D eigenvalue weighted by Crippen LogP contribution is 2.21. The van der Waals surface area contributed by atoms with Crippen LogP contribution in [0, 0.1) is 5.82 Å². The second-order valence-electron chi connectivity index (χ2n) is 3.76. The number of halogens is 1. The van der Waals surface area contributed by atoms with Crippen molar-refractivity contribution >= 4 is 5.69 Å². The lowest BCUT2D eigenvalue weighted by Crippen LogP contribution is -2.21. The van der Waals surface area contributed by atoms with Crippen LogP contribution in [0.15, 0.2) is 47.4 Å². The van der Waals surface area contributed by atoms with E-state index in [0.29, 0.717) is 18.9 Å². The Kier molecular flexibility index (Phi) is 3.62. The van der Waals surface area contributed by atoms with E-state index in [4.69, 9.17) is 10.5 Å². The molecule has 18 heavy (non-hydrogen) atoms. The summed E-state index contributed by atoms with van der Waals surface area (Å²) in [4.78, 5) is 11.4. The van der Waals surface area contributed by atoms with Gasteiger partial charge >= 0.3 is 0 Å². The van der Waals surface area contributed by atoms with Crippen molar-refractivity contribution in [2.45, 2.75) is 6.54 Å². The van der Waals surface area contributed by atoms with Gasteiger partial charge in [-0.1, -0.05) is 6.07 Å². The third-order valence-electron chi connectivity index (χ3n) is 2.46. The highest BCUT2D eigenvalue weighted by Gasteiger charge is 2.02. The first-order valence-electron chi connectivity index (χ1n) is 5.50. The lowest BCUT2D eigenvalue weighted by Gasteiger charge is -2.09. The van der Waals surface area contributed by atoms with Gasteiger partial charge in [0.05, 0.1) is 12.2 Å². The summed E-state index contributed by atoms with van der Waals surface area (Å²) in [7, 11) is 0. The third kappa shape index (κ3) is 2.88. The normalized spacial score (nSPS) is 10.3. The number of nitrogens with two attached hydrogens (primary N) is 1. The van der Waals surface area contributed by atoms with E-state index >= 15 is 0 Å². The molecule has 0 spiro atoms. The Hall–Kier alpha value is -2.30. The van der Waals surface area contributed by atoms with Crippen molar-refractivity contribution < 1.29 is 9.13 Å². The Balaban J connectivity index is 1.97. The summed E-state index contributed by atoms with van der Waals surface area (Å²) in [5.74, 6) is 0.0134. The SMILES string of the molecule is Nc1cc(F)ccc1OCCn1ccccc1=O. The van der Waals surface area contributed by atoms with Crippen molar-refractivity contribution in [3.8, 4) is 5.75 Å². The number of aromatic nitrogens is 1. The summed E-state index contributed by atoms with van der Waals surface area (Å²) in [6.07, 6.45) is 1.68. The lowest BCUT2D eigenvalue weighted by atomic mass is 10.3. The standard InChI is InChI=1S/C13H13FN2O2/c14-10-4-5-12(11(15)9-10)18-8-7-16-6-2-1-3-13(16)17/h1-6,9H,7-8,15H2. The lowest BCUT2D eigenvalue weighted by molar-refractivity contribution is 0.297. The van der Waals surface area contributed by atoms with Crippen LogP contribution in [0.5, 0.6) is 5.75 Å². The Bertz CT molecular complexity index is 596. The fourth-order valence-electron chi connectivity index (χ4n) is 1.55. The molecule has 0 aliphatic rings. The molecule has 1 aromatic heterocycles. The van der Waals surface area contributed by atoms with Crippen molar-refractivity contribution in [1.29, 1.82) is 0 Å². The number of benzene rings is 1. The molecule has 0 saturated heterocycles. The van der Waals surface area contributed by atoms with Crippen LogP contribution in [0.2, 0.25) is 0 Å². The van der Waals surface area contributed by atoms with Gasteiger partial charge in [-0.3, -0.25) is 4.79 Å². The molecule has 94 valence electrons. The predicted octanol–water partition coefficient (Wildman–Crippen LogP) is 1.65. The van der Waals surface area contributed by atoms with Crippen LogP contribution < -0.4 is 16.0 Å². The first-order valence-corrected chi connectivity index (χ1v) is 5.50. The highest BCUT2D eigenvalue weighted by molar-refractivity contribution is 5.52. The van der Waals surface area contributed by atoms with Gasteiger partial charge in [0.1, 0.15) is 18.2 Å². The molecule has 0 unspecified atom stereocenters. The molecule has 0 fully saturated rings. The smallest absolute Gasteiger partial charge is 0.250 e. The number of anilines is 1. The Morgan fingerprint density at radius 2 is 2.11 bits per heavy atom. The van der Waals surface area contributed by atoms with Gasteiger partial charge in [-0.15, -0.1) is 0 Å². The van der Waals surface area contributed by atoms with E-state index in [-0.39, 0.29) is 11.2 Å². The number of hydrogen-bond acceptors (Lipinski definition) is 3. The molecule has 0 aliphatic heterocycles. The van der Waals surface area contributed by atoms with Crippen molar-refractivity contribution in [1.82, 2.24) is 4.57 Å². The molecule has 0 saturated carbocycles. The number of pyridine rings is 1. The fourth-order valence-corrected chi connectivity index (χ4v) is 1.55. The minimum atomic E-state index is -0.404. The molecular formula is C13H13FN2O2. The van der Waals surface area contributed by atoms with Gasteiger partial charge < -0.3 is 15.0 Å². The Morgan fingerprint density at radius 3 is 2.83 bits per heavy atom. The summed E-state index contributed by atoms with van der Waals surface area (Å²) in [5.41, 5.74) is 5.75. The van der Waals surface area contributed by atoms with E-state index in [1.165, 1.54) is 28.8 Å². The van der Waals surface area contributed by atoms with Crippen LogP contribution in [0.3, 0.4) is 0 Å². The molecule has 0 atom stereocenters. The van der Waals surface area contributed by atoms with E-state index in [2.05, 4.69) is 0 Å². The van der Waals surface area contributed by atoms with Crippen molar-refractivity contribution in [3.63, 3.8) is 0 Å². The number of rotatable bonds is 4. The Labute approximate surface area is 103 Å². The molecule has 4 nitrogen and oxygen atoms in total. The summed E-state index contributed by atoms with van der Waals surface area (Å²) >= 11 is 0.